The number of nitrogens with zero attached hydrogens (tertiary/aromatic N) is 3. The molecule has 2 heterocycles. The van der Waals surface area contributed by atoms with Gasteiger partial charge in [-0.1, -0.05) is 42.5 Å². The van der Waals surface area contributed by atoms with Crippen LogP contribution in [0.4, 0.5) is 0 Å². The lowest BCUT2D eigenvalue weighted by molar-refractivity contribution is -0.114. The molecule has 0 bridgehead atoms. The molecule has 0 aromatic heterocycles. The number of aliphatic imine (C=N–C) groups is 1. The quantitative estimate of drug-likeness (QED) is 0.602. The standard InChI is InChI=1S/C19H16N4O3S2/c1-11(2)28(25,26)19-22-27-18-21-17(24)15(16(20)23(18)19)10-13-8-5-7-12-6-3-4-9-14(12)13/h3-11,20H,1-2H3/b15-10-,20-16?. The fraction of sp³-hybridized carbons (Fsp3) is 0.158. The Labute approximate surface area is 166 Å². The van der Waals surface area contributed by atoms with Crippen LogP contribution in [-0.4, -0.2) is 40.6 Å². The second-order valence-electron chi connectivity index (χ2n) is 6.57. The minimum absolute atomic E-state index is 0.0225. The van der Waals surface area contributed by atoms with Crippen LogP contribution >= 0.6 is 11.9 Å². The highest BCUT2D eigenvalue weighted by Gasteiger charge is 2.43. The fourth-order valence-corrected chi connectivity index (χ4v) is 4.99. The molecule has 4 rings (SSSR count). The van der Waals surface area contributed by atoms with E-state index >= 15 is 0 Å². The molecule has 2 aliphatic heterocycles. The summed E-state index contributed by atoms with van der Waals surface area (Å²) in [4.78, 5) is 17.6. The molecule has 9 heteroatoms. The zero-order valence-electron chi connectivity index (χ0n) is 15.1. The molecule has 0 fully saturated rings. The van der Waals surface area contributed by atoms with Crippen molar-refractivity contribution in [2.75, 3.05) is 0 Å². The number of carbonyl (C=O) groups excluding carboxylic acids is 1. The summed E-state index contributed by atoms with van der Waals surface area (Å²) in [7, 11) is -3.73. The predicted octanol–water partition coefficient (Wildman–Crippen LogP) is 3.24. The number of sulfone groups is 1. The summed E-state index contributed by atoms with van der Waals surface area (Å²) >= 11 is 0.793. The number of nitrogens with one attached hydrogen (secondary N) is 1. The van der Waals surface area contributed by atoms with E-state index in [1.807, 2.05) is 42.5 Å². The number of amides is 1. The molecule has 0 atom stereocenters. The minimum atomic E-state index is -3.73. The van der Waals surface area contributed by atoms with Crippen LogP contribution in [0.25, 0.3) is 16.8 Å². The minimum Gasteiger partial charge on any atom is -0.283 e. The molecule has 7 nitrogen and oxygen atoms in total. The lowest BCUT2D eigenvalue weighted by Crippen LogP contribution is -2.46. The Morgan fingerprint density at radius 2 is 1.86 bits per heavy atom. The lowest BCUT2D eigenvalue weighted by atomic mass is 10.0. The smallest absolute Gasteiger partial charge is 0.283 e. The van der Waals surface area contributed by atoms with Crippen molar-refractivity contribution in [3.8, 4) is 0 Å². The number of carbonyl (C=O) groups is 1. The van der Waals surface area contributed by atoms with Crippen molar-refractivity contribution in [2.24, 2.45) is 9.39 Å². The van der Waals surface area contributed by atoms with Crippen LogP contribution in [-0.2, 0) is 14.6 Å². The Bertz CT molecular complexity index is 1220. The van der Waals surface area contributed by atoms with E-state index in [9.17, 15) is 13.2 Å². The van der Waals surface area contributed by atoms with Crippen LogP contribution in [0.3, 0.4) is 0 Å². The zero-order chi connectivity index (χ0) is 20.1. The van der Waals surface area contributed by atoms with E-state index in [0.29, 0.717) is 0 Å². The van der Waals surface area contributed by atoms with Gasteiger partial charge in [-0.3, -0.25) is 10.2 Å². The average Bonchev–Trinajstić information content (AvgIpc) is 3.09. The molecule has 0 spiro atoms. The molecule has 28 heavy (non-hydrogen) atoms. The third-order valence-corrected chi connectivity index (χ3v) is 7.33. The molecule has 0 radical (unpaired) electrons. The van der Waals surface area contributed by atoms with E-state index in [1.54, 1.807) is 19.9 Å². The maximum atomic E-state index is 12.6. The summed E-state index contributed by atoms with van der Waals surface area (Å²) in [6, 6.07) is 13.4. The van der Waals surface area contributed by atoms with E-state index in [-0.39, 0.29) is 21.7 Å². The third kappa shape index (κ3) is 2.87. The van der Waals surface area contributed by atoms with Gasteiger partial charge in [-0.15, -0.1) is 0 Å². The fourth-order valence-electron chi connectivity index (χ4n) is 2.93. The summed E-state index contributed by atoms with van der Waals surface area (Å²) in [5.74, 6) is -0.828. The van der Waals surface area contributed by atoms with Gasteiger partial charge in [-0.25, -0.2) is 13.3 Å². The highest BCUT2D eigenvalue weighted by Crippen LogP contribution is 2.31. The van der Waals surface area contributed by atoms with Crippen LogP contribution in [0.15, 0.2) is 57.4 Å². The molecule has 2 aromatic carbocycles. The van der Waals surface area contributed by atoms with Crippen molar-refractivity contribution < 1.29 is 13.2 Å². The van der Waals surface area contributed by atoms with Gasteiger partial charge in [0, 0.05) is 0 Å². The monoisotopic (exact) mass is 412 g/mol. The SMILES string of the molecule is CC(C)S(=O)(=O)C1=NSC2=NC(=O)/C(=C\c3cccc4ccccc34)C(=N)N21. The van der Waals surface area contributed by atoms with Crippen molar-refractivity contribution in [3.63, 3.8) is 0 Å². The van der Waals surface area contributed by atoms with Gasteiger partial charge in [0.05, 0.1) is 22.8 Å². The highest BCUT2D eigenvalue weighted by atomic mass is 32.2. The first-order valence-electron chi connectivity index (χ1n) is 8.51. The number of fused-ring (bicyclic) bond motifs is 2. The van der Waals surface area contributed by atoms with Crippen LogP contribution < -0.4 is 0 Å². The number of hydrogen-bond acceptors (Lipinski definition) is 6. The molecule has 1 N–H and O–H groups in total. The van der Waals surface area contributed by atoms with Gasteiger partial charge in [-0.05, 0) is 36.3 Å². The Kier molecular flexibility index (Phi) is 4.43. The molecule has 142 valence electrons. The highest BCUT2D eigenvalue weighted by molar-refractivity contribution is 8.16. The average molecular weight is 412 g/mol. The summed E-state index contributed by atoms with van der Waals surface area (Å²) in [6.07, 6.45) is 1.58. The predicted molar refractivity (Wildman–Crippen MR) is 113 cm³/mol. The van der Waals surface area contributed by atoms with E-state index in [2.05, 4.69) is 9.39 Å². The van der Waals surface area contributed by atoms with Gasteiger partial charge in [0.15, 0.2) is 0 Å². The number of benzene rings is 2. The van der Waals surface area contributed by atoms with Crippen molar-refractivity contribution in [1.82, 2.24) is 4.90 Å². The molecule has 0 saturated heterocycles. The molecule has 2 aliphatic rings. The van der Waals surface area contributed by atoms with E-state index < -0.39 is 21.0 Å². The summed E-state index contributed by atoms with van der Waals surface area (Å²) in [5, 5.41) is 9.56. The zero-order valence-corrected chi connectivity index (χ0v) is 16.7. The topological polar surface area (TPSA) is 103 Å². The largest absolute Gasteiger partial charge is 0.283 e. The molecule has 0 unspecified atom stereocenters. The van der Waals surface area contributed by atoms with Crippen molar-refractivity contribution in [2.45, 2.75) is 19.1 Å². The lowest BCUT2D eigenvalue weighted by Gasteiger charge is -2.25. The molecule has 0 saturated carbocycles. The first-order chi connectivity index (χ1) is 13.3. The van der Waals surface area contributed by atoms with Crippen LogP contribution in [0.2, 0.25) is 0 Å². The van der Waals surface area contributed by atoms with Gasteiger partial charge in [-0.2, -0.15) is 9.39 Å². The van der Waals surface area contributed by atoms with Crippen LogP contribution in [0.1, 0.15) is 19.4 Å². The van der Waals surface area contributed by atoms with Gasteiger partial charge in [0.25, 0.3) is 5.91 Å². The van der Waals surface area contributed by atoms with E-state index in [4.69, 9.17) is 5.41 Å². The van der Waals surface area contributed by atoms with E-state index in [1.165, 1.54) is 0 Å². The molecular formula is C19H16N4O3S2. The van der Waals surface area contributed by atoms with Gasteiger partial charge >= 0.3 is 0 Å². The Hall–Kier alpha value is -2.78. The summed E-state index contributed by atoms with van der Waals surface area (Å²) in [5.41, 5.74) is 0.774. The van der Waals surface area contributed by atoms with Gasteiger partial charge in [0.2, 0.25) is 20.2 Å². The van der Waals surface area contributed by atoms with Crippen LogP contribution in [0.5, 0.6) is 0 Å². The molecule has 0 aliphatic carbocycles. The maximum Gasteiger partial charge on any atom is 0.283 e. The number of amidine groups is 3. The van der Waals surface area contributed by atoms with Gasteiger partial charge in [0.1, 0.15) is 5.84 Å². The number of rotatable bonds is 2. The maximum absolute atomic E-state index is 12.6. The second-order valence-corrected chi connectivity index (χ2v) is 9.70. The molecular weight excluding hydrogens is 396 g/mol. The molecule has 1 amide bonds. The Morgan fingerprint density at radius 1 is 1.14 bits per heavy atom. The van der Waals surface area contributed by atoms with E-state index in [0.717, 1.165) is 33.2 Å². The van der Waals surface area contributed by atoms with Gasteiger partial charge < -0.3 is 0 Å². The first kappa shape index (κ1) is 18.6. The summed E-state index contributed by atoms with van der Waals surface area (Å²) < 4.78 is 29.2. The van der Waals surface area contributed by atoms with Crippen molar-refractivity contribution in [3.05, 3.63) is 53.6 Å². The Balaban J connectivity index is 1.83. The van der Waals surface area contributed by atoms with Crippen molar-refractivity contribution in [1.29, 1.82) is 5.41 Å². The number of hydrogen-bond donors (Lipinski definition) is 1. The third-order valence-electron chi connectivity index (χ3n) is 4.49. The van der Waals surface area contributed by atoms with Crippen molar-refractivity contribution >= 4 is 60.7 Å². The molecule has 2 aromatic rings. The normalized spacial score (nSPS) is 18.7. The Morgan fingerprint density at radius 3 is 2.61 bits per heavy atom. The van der Waals surface area contributed by atoms with Crippen LogP contribution in [0, 0.1) is 5.41 Å². The summed E-state index contributed by atoms with van der Waals surface area (Å²) in [6.45, 7) is 3.09. The first-order valence-corrected chi connectivity index (χ1v) is 10.8. The second kappa shape index (κ2) is 6.68.